The normalized spacial score (nSPS) is 17.1. The molecule has 1 atom stereocenters. The van der Waals surface area contributed by atoms with Crippen LogP contribution in [0.25, 0.3) is 11.3 Å². The van der Waals surface area contributed by atoms with Gasteiger partial charge in [0.1, 0.15) is 17.6 Å². The van der Waals surface area contributed by atoms with Crippen LogP contribution in [-0.4, -0.2) is 18.6 Å². The van der Waals surface area contributed by atoms with E-state index in [1.165, 1.54) is 13.0 Å². The Bertz CT molecular complexity index is 1050. The largest absolute Gasteiger partial charge is 0.463 e. The maximum atomic E-state index is 13.1. The van der Waals surface area contributed by atoms with Gasteiger partial charge in [-0.05, 0) is 44.2 Å². The molecule has 1 aromatic carbocycles. The summed E-state index contributed by atoms with van der Waals surface area (Å²) in [5.41, 5.74) is -3.34. The molecule has 1 aliphatic rings. The number of allylic oxidation sites excluding steroid dienone is 1. The van der Waals surface area contributed by atoms with Crippen LogP contribution in [0.5, 0.6) is 0 Å². The molecule has 0 radical (unpaired) electrons. The molecule has 0 bridgehead atoms. The quantitative estimate of drug-likeness (QED) is 0.485. The zero-order valence-corrected chi connectivity index (χ0v) is 16.6. The van der Waals surface area contributed by atoms with Gasteiger partial charge in [0.2, 0.25) is 0 Å². The molecule has 3 rings (SSSR count). The molecule has 0 aliphatic carbocycles. The van der Waals surface area contributed by atoms with Crippen LogP contribution in [0.2, 0.25) is 0 Å². The molecule has 6 nitrogen and oxygen atoms in total. The van der Waals surface area contributed by atoms with Crippen LogP contribution < -0.4 is 10.6 Å². The van der Waals surface area contributed by atoms with Crippen molar-refractivity contribution in [2.75, 3.05) is 6.61 Å². The molecule has 1 aliphatic heterocycles. The molecule has 2 N–H and O–H groups in total. The summed E-state index contributed by atoms with van der Waals surface area (Å²) in [4.78, 5) is 24.2. The van der Waals surface area contributed by atoms with Crippen LogP contribution in [0.1, 0.15) is 36.8 Å². The van der Waals surface area contributed by atoms with Crippen molar-refractivity contribution in [3.05, 3.63) is 58.5 Å². The highest BCUT2D eigenvalue weighted by Gasteiger charge is 2.38. The Hall–Kier alpha value is -3.44. The maximum Gasteiger partial charge on any atom is 0.416 e. The molecular weight excluding hydrogens is 446 g/mol. The number of benzene rings is 1. The van der Waals surface area contributed by atoms with Gasteiger partial charge >= 0.3 is 24.4 Å². The van der Waals surface area contributed by atoms with Crippen molar-refractivity contribution in [2.24, 2.45) is 0 Å². The minimum atomic E-state index is -5.02. The van der Waals surface area contributed by atoms with E-state index >= 15 is 0 Å². The first-order chi connectivity index (χ1) is 14.8. The number of halogens is 6. The van der Waals surface area contributed by atoms with Gasteiger partial charge in [0.05, 0.1) is 23.3 Å². The fraction of sp³-hybridized carbons (Fsp3) is 0.300. The molecular formula is C20H16F6N2O4. The van der Waals surface area contributed by atoms with E-state index in [0.717, 1.165) is 6.07 Å². The van der Waals surface area contributed by atoms with E-state index in [9.17, 15) is 35.9 Å². The SMILES string of the molecule is CCOC(=O)C1=C(C)NC(=O)NC1c1ccc(-c2cc(C(F)(F)F)cc(C(F)(F)F)c2)o1. The van der Waals surface area contributed by atoms with Gasteiger partial charge in [-0.2, -0.15) is 26.3 Å². The smallest absolute Gasteiger partial charge is 0.416 e. The highest BCUT2D eigenvalue weighted by Crippen LogP contribution is 2.40. The molecule has 1 unspecified atom stereocenters. The van der Waals surface area contributed by atoms with Crippen LogP contribution in [0.4, 0.5) is 31.1 Å². The van der Waals surface area contributed by atoms with Gasteiger partial charge in [0.15, 0.2) is 0 Å². The summed E-state index contributed by atoms with van der Waals surface area (Å²) in [5.74, 6) is -1.17. The van der Waals surface area contributed by atoms with Crippen molar-refractivity contribution in [2.45, 2.75) is 32.2 Å². The predicted octanol–water partition coefficient (Wildman–Crippen LogP) is 5.18. The van der Waals surface area contributed by atoms with E-state index in [-0.39, 0.29) is 35.5 Å². The van der Waals surface area contributed by atoms with Gasteiger partial charge in [-0.15, -0.1) is 0 Å². The lowest BCUT2D eigenvalue weighted by Crippen LogP contribution is -2.45. The standard InChI is InChI=1S/C20H16F6N2O4/c1-3-31-17(29)15-9(2)27-18(30)28-16(15)14-5-4-13(32-14)10-6-11(19(21,22)23)8-12(7-10)20(24,25)26/h4-8,16H,3H2,1-2H3,(H2,27,28,30). The first kappa shape index (κ1) is 23.2. The summed E-state index contributed by atoms with van der Waals surface area (Å²) in [6.45, 7) is 3.03. The number of hydrogen-bond acceptors (Lipinski definition) is 4. The van der Waals surface area contributed by atoms with E-state index in [4.69, 9.17) is 9.15 Å². The number of carbonyl (C=O) groups is 2. The minimum Gasteiger partial charge on any atom is -0.463 e. The molecule has 32 heavy (non-hydrogen) atoms. The first-order valence-electron chi connectivity index (χ1n) is 9.16. The number of rotatable bonds is 4. The Morgan fingerprint density at radius 1 is 1.06 bits per heavy atom. The van der Waals surface area contributed by atoms with Gasteiger partial charge in [-0.1, -0.05) is 0 Å². The molecule has 2 aromatic rings. The van der Waals surface area contributed by atoms with Gasteiger partial charge in [0, 0.05) is 11.3 Å². The third-order valence-corrected chi connectivity index (χ3v) is 4.55. The van der Waals surface area contributed by atoms with E-state index < -0.39 is 47.1 Å². The van der Waals surface area contributed by atoms with Gasteiger partial charge < -0.3 is 19.8 Å². The number of amides is 2. The van der Waals surface area contributed by atoms with Crippen LogP contribution in [0, 0.1) is 0 Å². The summed E-state index contributed by atoms with van der Waals surface area (Å²) < 4.78 is 89.3. The van der Waals surface area contributed by atoms with E-state index in [2.05, 4.69) is 10.6 Å². The van der Waals surface area contributed by atoms with Crippen LogP contribution >= 0.6 is 0 Å². The summed E-state index contributed by atoms with van der Waals surface area (Å²) in [6.07, 6.45) is -10.0. The Balaban J connectivity index is 2.07. The van der Waals surface area contributed by atoms with Crippen molar-refractivity contribution >= 4 is 12.0 Å². The number of alkyl halides is 6. The molecule has 0 saturated carbocycles. The maximum absolute atomic E-state index is 13.1. The fourth-order valence-electron chi connectivity index (χ4n) is 3.15. The minimum absolute atomic E-state index is 0.00529. The summed E-state index contributed by atoms with van der Waals surface area (Å²) in [5, 5.41) is 4.82. The molecule has 172 valence electrons. The average molecular weight is 462 g/mol. The van der Waals surface area contributed by atoms with E-state index in [0.29, 0.717) is 12.1 Å². The molecule has 1 aromatic heterocycles. The lowest BCUT2D eigenvalue weighted by molar-refractivity contribution is -0.143. The lowest BCUT2D eigenvalue weighted by Gasteiger charge is -2.26. The Morgan fingerprint density at radius 3 is 2.19 bits per heavy atom. The molecule has 2 amide bonds. The van der Waals surface area contributed by atoms with Crippen LogP contribution in [0.15, 0.2) is 46.0 Å². The Morgan fingerprint density at radius 2 is 1.66 bits per heavy atom. The molecule has 0 fully saturated rings. The van der Waals surface area contributed by atoms with Gasteiger partial charge in [-0.3, -0.25) is 0 Å². The summed E-state index contributed by atoms with van der Waals surface area (Å²) in [6, 6.07) is 1.59. The predicted molar refractivity (Wildman–Crippen MR) is 97.9 cm³/mol. The number of esters is 1. The van der Waals surface area contributed by atoms with Crippen LogP contribution in [0.3, 0.4) is 0 Å². The van der Waals surface area contributed by atoms with Gasteiger partial charge in [-0.25, -0.2) is 9.59 Å². The second-order valence-electron chi connectivity index (χ2n) is 6.79. The fourth-order valence-corrected chi connectivity index (χ4v) is 3.15. The molecule has 12 heteroatoms. The summed E-state index contributed by atoms with van der Waals surface area (Å²) >= 11 is 0. The number of nitrogens with one attached hydrogen (secondary N) is 2. The van der Waals surface area contributed by atoms with Crippen molar-refractivity contribution in [1.29, 1.82) is 0 Å². The Kier molecular flexibility index (Phi) is 5.98. The molecule has 2 heterocycles. The number of carbonyl (C=O) groups excluding carboxylic acids is 2. The molecule has 0 spiro atoms. The van der Waals surface area contributed by atoms with E-state index in [1.807, 2.05) is 0 Å². The van der Waals surface area contributed by atoms with Crippen molar-refractivity contribution in [3.63, 3.8) is 0 Å². The third-order valence-electron chi connectivity index (χ3n) is 4.55. The lowest BCUT2D eigenvalue weighted by atomic mass is 10.0. The van der Waals surface area contributed by atoms with Crippen molar-refractivity contribution in [1.82, 2.24) is 10.6 Å². The topological polar surface area (TPSA) is 80.6 Å². The zero-order valence-electron chi connectivity index (χ0n) is 16.6. The second kappa shape index (κ2) is 8.24. The zero-order chi connectivity index (χ0) is 23.8. The highest BCUT2D eigenvalue weighted by atomic mass is 19.4. The van der Waals surface area contributed by atoms with E-state index in [1.54, 1.807) is 6.92 Å². The Labute approximate surface area is 177 Å². The van der Waals surface area contributed by atoms with Crippen molar-refractivity contribution in [3.8, 4) is 11.3 Å². The van der Waals surface area contributed by atoms with Crippen molar-refractivity contribution < 1.29 is 45.1 Å². The number of ether oxygens (including phenoxy) is 1. The molecule has 0 saturated heterocycles. The average Bonchev–Trinajstić information content (AvgIpc) is 3.16. The van der Waals surface area contributed by atoms with Gasteiger partial charge in [0.25, 0.3) is 0 Å². The number of hydrogen-bond donors (Lipinski definition) is 2. The highest BCUT2D eigenvalue weighted by molar-refractivity contribution is 5.94. The summed E-state index contributed by atoms with van der Waals surface area (Å²) in [7, 11) is 0. The second-order valence-corrected chi connectivity index (χ2v) is 6.79. The number of urea groups is 1. The first-order valence-corrected chi connectivity index (χ1v) is 9.16. The third kappa shape index (κ3) is 4.73. The monoisotopic (exact) mass is 462 g/mol. The number of furan rings is 1. The van der Waals surface area contributed by atoms with Crippen LogP contribution in [-0.2, 0) is 21.9 Å².